The van der Waals surface area contributed by atoms with Crippen molar-refractivity contribution in [2.24, 2.45) is 11.1 Å². The molecule has 2 heteroatoms. The molecule has 0 saturated carbocycles. The molecule has 100 valence electrons. The number of rotatable bonds is 2. The van der Waals surface area contributed by atoms with Gasteiger partial charge in [-0.1, -0.05) is 39.0 Å². The molecule has 2 nitrogen and oxygen atoms in total. The van der Waals surface area contributed by atoms with E-state index in [2.05, 4.69) is 56.9 Å². The van der Waals surface area contributed by atoms with E-state index in [0.717, 1.165) is 6.54 Å². The van der Waals surface area contributed by atoms with Crippen LogP contribution in [-0.4, -0.2) is 18.6 Å². The number of aryl methyl sites for hydroxylation is 1. The molecule has 18 heavy (non-hydrogen) atoms. The summed E-state index contributed by atoms with van der Waals surface area (Å²) in [6.07, 6.45) is 2.43. The molecule has 2 rings (SSSR count). The third-order valence-electron chi connectivity index (χ3n) is 3.87. The molecule has 0 fully saturated rings. The summed E-state index contributed by atoms with van der Waals surface area (Å²) in [5, 5.41) is 0. The van der Waals surface area contributed by atoms with E-state index in [1.807, 2.05) is 0 Å². The molecule has 1 aromatic rings. The molecule has 0 saturated heterocycles. The van der Waals surface area contributed by atoms with Crippen molar-refractivity contribution < 1.29 is 0 Å². The van der Waals surface area contributed by atoms with Crippen molar-refractivity contribution in [1.82, 2.24) is 0 Å². The molecule has 2 N–H and O–H groups in total. The van der Waals surface area contributed by atoms with Gasteiger partial charge in [0.15, 0.2) is 0 Å². The fourth-order valence-electron chi connectivity index (χ4n) is 3.39. The molecule has 1 aliphatic heterocycles. The van der Waals surface area contributed by atoms with Gasteiger partial charge in [0, 0.05) is 24.3 Å². The number of hydrogen-bond acceptors (Lipinski definition) is 2. The van der Waals surface area contributed by atoms with E-state index in [0.29, 0.717) is 6.04 Å². The van der Waals surface area contributed by atoms with Gasteiger partial charge < -0.3 is 10.6 Å². The Labute approximate surface area is 111 Å². The zero-order chi connectivity index (χ0) is 13.3. The highest BCUT2D eigenvalue weighted by Gasteiger charge is 2.35. The number of nitrogens with zero attached hydrogens (tertiary/aromatic N) is 1. The van der Waals surface area contributed by atoms with Crippen molar-refractivity contribution >= 4 is 5.69 Å². The summed E-state index contributed by atoms with van der Waals surface area (Å²) >= 11 is 0. The minimum Gasteiger partial charge on any atom is -0.366 e. The molecule has 1 aliphatic rings. The maximum atomic E-state index is 6.27. The average Bonchev–Trinajstić information content (AvgIpc) is 2.27. The average molecular weight is 246 g/mol. The summed E-state index contributed by atoms with van der Waals surface area (Å²) in [6.45, 7) is 10.1. The highest BCUT2D eigenvalue weighted by atomic mass is 15.2. The zero-order valence-electron chi connectivity index (χ0n) is 12.1. The molecular formula is C16H26N2. The second kappa shape index (κ2) is 4.93. The number of hydrogen-bond donors (Lipinski definition) is 1. The van der Waals surface area contributed by atoms with Gasteiger partial charge in [0.2, 0.25) is 0 Å². The van der Waals surface area contributed by atoms with Crippen LogP contribution in [0.25, 0.3) is 0 Å². The van der Waals surface area contributed by atoms with Gasteiger partial charge in [0.1, 0.15) is 0 Å². The highest BCUT2D eigenvalue weighted by molar-refractivity contribution is 5.56. The molecule has 1 aromatic carbocycles. The molecule has 2 unspecified atom stereocenters. The Morgan fingerprint density at radius 2 is 1.89 bits per heavy atom. The summed E-state index contributed by atoms with van der Waals surface area (Å²) in [6, 6.07) is 9.34. The molecule has 0 aliphatic carbocycles. The van der Waals surface area contributed by atoms with Gasteiger partial charge in [-0.15, -0.1) is 0 Å². The third kappa shape index (κ3) is 2.54. The Hall–Kier alpha value is -1.02. The lowest BCUT2D eigenvalue weighted by Crippen LogP contribution is -2.55. The molecule has 0 spiro atoms. The van der Waals surface area contributed by atoms with Crippen LogP contribution in [-0.2, 0) is 6.42 Å². The van der Waals surface area contributed by atoms with Crippen molar-refractivity contribution in [2.45, 2.75) is 52.6 Å². The fraction of sp³-hybridized carbons (Fsp3) is 0.625. The second-order valence-corrected chi connectivity index (χ2v) is 6.60. The van der Waals surface area contributed by atoms with Crippen molar-refractivity contribution in [3.8, 4) is 0 Å². The monoisotopic (exact) mass is 246 g/mol. The summed E-state index contributed by atoms with van der Waals surface area (Å²) < 4.78 is 0. The minimum atomic E-state index is 0.177. The Balaban J connectivity index is 2.39. The zero-order valence-corrected chi connectivity index (χ0v) is 12.1. The normalized spacial score (nSPS) is 19.3. The number of anilines is 1. The lowest BCUT2D eigenvalue weighted by atomic mass is 9.80. The van der Waals surface area contributed by atoms with E-state index in [-0.39, 0.29) is 11.5 Å². The van der Waals surface area contributed by atoms with E-state index < -0.39 is 0 Å². The SMILES string of the molecule is CC(N)C(N1CCCc2ccccc21)C(C)(C)C. The van der Waals surface area contributed by atoms with Gasteiger partial charge >= 0.3 is 0 Å². The Morgan fingerprint density at radius 3 is 2.50 bits per heavy atom. The molecule has 0 aromatic heterocycles. The minimum absolute atomic E-state index is 0.177. The fourth-order valence-corrected chi connectivity index (χ4v) is 3.39. The van der Waals surface area contributed by atoms with Crippen LogP contribution in [0.4, 0.5) is 5.69 Å². The van der Waals surface area contributed by atoms with Crippen LogP contribution < -0.4 is 10.6 Å². The standard InChI is InChI=1S/C16H26N2/c1-12(17)15(16(2,3)4)18-11-7-9-13-8-5-6-10-14(13)18/h5-6,8,10,12,15H,7,9,11,17H2,1-4H3. The Morgan fingerprint density at radius 1 is 1.22 bits per heavy atom. The van der Waals surface area contributed by atoms with E-state index in [9.17, 15) is 0 Å². The number of benzene rings is 1. The van der Waals surface area contributed by atoms with E-state index in [1.54, 1.807) is 0 Å². The first-order chi connectivity index (χ1) is 8.41. The van der Waals surface area contributed by atoms with Crippen LogP contribution in [0.15, 0.2) is 24.3 Å². The van der Waals surface area contributed by atoms with Gasteiger partial charge in [0.25, 0.3) is 0 Å². The van der Waals surface area contributed by atoms with Gasteiger partial charge in [-0.05, 0) is 36.8 Å². The van der Waals surface area contributed by atoms with Crippen molar-refractivity contribution in [2.75, 3.05) is 11.4 Å². The largest absolute Gasteiger partial charge is 0.366 e. The number of para-hydroxylation sites is 1. The van der Waals surface area contributed by atoms with Crippen molar-refractivity contribution in [3.05, 3.63) is 29.8 Å². The van der Waals surface area contributed by atoms with Gasteiger partial charge in [-0.2, -0.15) is 0 Å². The van der Waals surface area contributed by atoms with E-state index >= 15 is 0 Å². The van der Waals surface area contributed by atoms with Crippen molar-refractivity contribution in [1.29, 1.82) is 0 Å². The quantitative estimate of drug-likeness (QED) is 0.868. The third-order valence-corrected chi connectivity index (χ3v) is 3.87. The van der Waals surface area contributed by atoms with E-state index in [1.165, 1.54) is 24.1 Å². The molecule has 2 atom stereocenters. The molecule has 0 bridgehead atoms. The van der Waals surface area contributed by atoms with Gasteiger partial charge in [-0.3, -0.25) is 0 Å². The summed E-state index contributed by atoms with van der Waals surface area (Å²) in [5.74, 6) is 0. The summed E-state index contributed by atoms with van der Waals surface area (Å²) in [5.41, 5.74) is 9.32. The predicted molar refractivity (Wildman–Crippen MR) is 79.0 cm³/mol. The maximum absolute atomic E-state index is 6.27. The number of nitrogens with two attached hydrogens (primary N) is 1. The highest BCUT2D eigenvalue weighted by Crippen LogP contribution is 2.35. The van der Waals surface area contributed by atoms with Gasteiger partial charge in [-0.25, -0.2) is 0 Å². The topological polar surface area (TPSA) is 29.3 Å². The summed E-state index contributed by atoms with van der Waals surface area (Å²) in [7, 11) is 0. The first kappa shape index (κ1) is 13.4. The molecule has 1 heterocycles. The Bertz CT molecular complexity index is 404. The van der Waals surface area contributed by atoms with Crippen LogP contribution >= 0.6 is 0 Å². The second-order valence-electron chi connectivity index (χ2n) is 6.60. The van der Waals surface area contributed by atoms with Crippen LogP contribution in [0.3, 0.4) is 0 Å². The molecule has 0 amide bonds. The van der Waals surface area contributed by atoms with Gasteiger partial charge in [0.05, 0.1) is 0 Å². The van der Waals surface area contributed by atoms with Crippen molar-refractivity contribution in [3.63, 3.8) is 0 Å². The van der Waals surface area contributed by atoms with Crippen LogP contribution in [0.2, 0.25) is 0 Å². The lowest BCUT2D eigenvalue weighted by Gasteiger charge is -2.46. The lowest BCUT2D eigenvalue weighted by molar-refractivity contribution is 0.269. The Kier molecular flexibility index (Phi) is 3.67. The van der Waals surface area contributed by atoms with Crippen LogP contribution in [0, 0.1) is 5.41 Å². The molecular weight excluding hydrogens is 220 g/mol. The molecule has 0 radical (unpaired) electrons. The first-order valence-corrected chi connectivity index (χ1v) is 7.01. The number of fused-ring (bicyclic) bond motifs is 1. The first-order valence-electron chi connectivity index (χ1n) is 7.01. The smallest absolute Gasteiger partial charge is 0.0486 e. The maximum Gasteiger partial charge on any atom is 0.0486 e. The predicted octanol–water partition coefficient (Wildman–Crippen LogP) is 3.20. The van der Waals surface area contributed by atoms with E-state index in [4.69, 9.17) is 5.73 Å². The van der Waals surface area contributed by atoms with Crippen LogP contribution in [0.5, 0.6) is 0 Å². The van der Waals surface area contributed by atoms with Crippen LogP contribution in [0.1, 0.15) is 39.7 Å². The summed E-state index contributed by atoms with van der Waals surface area (Å²) in [4.78, 5) is 2.53.